The molecule has 5 heteroatoms. The van der Waals surface area contributed by atoms with Crippen LogP contribution < -0.4 is 5.73 Å². The second kappa shape index (κ2) is 4.74. The van der Waals surface area contributed by atoms with Crippen LogP contribution in [-0.4, -0.2) is 42.6 Å². The van der Waals surface area contributed by atoms with Crippen LogP contribution in [0.3, 0.4) is 0 Å². The molecule has 5 nitrogen and oxygen atoms in total. The van der Waals surface area contributed by atoms with Gasteiger partial charge in [-0.2, -0.15) is 0 Å². The molecule has 1 fully saturated rings. The molecule has 1 aliphatic heterocycles. The Labute approximate surface area is 83.7 Å². The van der Waals surface area contributed by atoms with Gasteiger partial charge in [0.2, 0.25) is 11.9 Å². The third kappa shape index (κ3) is 2.83. The Morgan fingerprint density at radius 2 is 2.36 bits per heavy atom. The molecule has 0 spiro atoms. The summed E-state index contributed by atoms with van der Waals surface area (Å²) in [4.78, 5) is 20.6. The van der Waals surface area contributed by atoms with Gasteiger partial charge in [-0.05, 0) is 19.6 Å². The highest BCUT2D eigenvalue weighted by molar-refractivity contribution is 5.82. The van der Waals surface area contributed by atoms with Crippen LogP contribution in [0.15, 0.2) is 9.98 Å². The first-order valence-electron chi connectivity index (χ1n) is 4.69. The predicted octanol–water partition coefficient (Wildman–Crippen LogP) is 0.0126. The van der Waals surface area contributed by atoms with Crippen LogP contribution in [0.5, 0.6) is 0 Å². The number of amides is 1. The molecule has 0 bridgehead atoms. The fraction of sp³-hybridized carbons (Fsp3) is 0.667. The van der Waals surface area contributed by atoms with Crippen LogP contribution in [0, 0.1) is 0 Å². The van der Waals surface area contributed by atoms with Crippen LogP contribution in [0.1, 0.15) is 19.8 Å². The molecule has 14 heavy (non-hydrogen) atoms. The van der Waals surface area contributed by atoms with E-state index in [1.807, 2.05) is 0 Å². The molecule has 0 unspecified atom stereocenters. The summed E-state index contributed by atoms with van der Waals surface area (Å²) < 4.78 is 0. The number of aliphatic imine (C=N–C) groups is 2. The van der Waals surface area contributed by atoms with Crippen molar-refractivity contribution >= 4 is 18.6 Å². The Morgan fingerprint density at radius 3 is 2.93 bits per heavy atom. The maximum Gasteiger partial charge on any atom is 0.219 e. The second-order valence-corrected chi connectivity index (χ2v) is 3.41. The predicted molar refractivity (Wildman–Crippen MR) is 56.4 cm³/mol. The molecule has 0 saturated carbocycles. The zero-order valence-corrected chi connectivity index (χ0v) is 8.44. The standard InChI is InChI=1S/C9H16N4O/c1-7(14)13-5-3-4-8(6-13)12-9(10)11-2/h8H,2-6H2,1H3,(H2,10,12)/t8-/m0/s1. The number of carbonyl (C=O) groups excluding carboxylic acids is 1. The minimum Gasteiger partial charge on any atom is -0.368 e. The van der Waals surface area contributed by atoms with Crippen molar-refractivity contribution in [2.24, 2.45) is 15.7 Å². The number of hydrogen-bond donors (Lipinski definition) is 1. The third-order valence-electron chi connectivity index (χ3n) is 2.32. The molecule has 0 aliphatic carbocycles. The Balaban J connectivity index is 2.56. The quantitative estimate of drug-likeness (QED) is 0.474. The summed E-state index contributed by atoms with van der Waals surface area (Å²) in [7, 11) is 0. The van der Waals surface area contributed by atoms with E-state index in [2.05, 4.69) is 16.7 Å². The second-order valence-electron chi connectivity index (χ2n) is 3.41. The molecule has 2 N–H and O–H groups in total. The molecule has 1 amide bonds. The highest BCUT2D eigenvalue weighted by atomic mass is 16.2. The first-order chi connectivity index (χ1) is 6.63. The molecule has 0 radical (unpaired) electrons. The van der Waals surface area contributed by atoms with Crippen LogP contribution in [-0.2, 0) is 4.79 Å². The third-order valence-corrected chi connectivity index (χ3v) is 2.32. The summed E-state index contributed by atoms with van der Waals surface area (Å²) in [5.74, 6) is 0.301. The van der Waals surface area contributed by atoms with Crippen molar-refractivity contribution in [1.29, 1.82) is 0 Å². The van der Waals surface area contributed by atoms with Crippen LogP contribution in [0.4, 0.5) is 0 Å². The molecule has 0 aromatic rings. The SMILES string of the molecule is C=NC(N)=N[C@H]1CCCN(C(C)=O)C1. The smallest absolute Gasteiger partial charge is 0.219 e. The lowest BCUT2D eigenvalue weighted by atomic mass is 10.1. The Hall–Kier alpha value is -1.39. The minimum absolute atomic E-state index is 0.0816. The van der Waals surface area contributed by atoms with Crippen molar-refractivity contribution in [3.63, 3.8) is 0 Å². The normalized spacial score (nSPS) is 23.4. The van der Waals surface area contributed by atoms with Gasteiger partial charge in [-0.1, -0.05) is 0 Å². The summed E-state index contributed by atoms with van der Waals surface area (Å²) in [5.41, 5.74) is 5.44. The van der Waals surface area contributed by atoms with Gasteiger partial charge in [0.05, 0.1) is 6.04 Å². The number of piperidine rings is 1. The lowest BCUT2D eigenvalue weighted by Gasteiger charge is -2.29. The minimum atomic E-state index is 0.0816. The molecular weight excluding hydrogens is 180 g/mol. The van der Waals surface area contributed by atoms with Gasteiger partial charge in [0.15, 0.2) is 0 Å². The van der Waals surface area contributed by atoms with Crippen LogP contribution >= 0.6 is 0 Å². The lowest BCUT2D eigenvalue weighted by Crippen LogP contribution is -2.40. The van der Waals surface area contributed by atoms with E-state index in [9.17, 15) is 4.79 Å². The van der Waals surface area contributed by atoms with Crippen molar-refractivity contribution in [2.45, 2.75) is 25.8 Å². The van der Waals surface area contributed by atoms with Crippen molar-refractivity contribution in [3.05, 3.63) is 0 Å². The zero-order chi connectivity index (χ0) is 10.6. The van der Waals surface area contributed by atoms with Crippen LogP contribution in [0.2, 0.25) is 0 Å². The van der Waals surface area contributed by atoms with E-state index < -0.39 is 0 Å². The highest BCUT2D eigenvalue weighted by Crippen LogP contribution is 2.13. The Bertz CT molecular complexity index is 262. The van der Waals surface area contributed by atoms with Crippen molar-refractivity contribution < 1.29 is 4.79 Å². The van der Waals surface area contributed by atoms with Gasteiger partial charge >= 0.3 is 0 Å². The van der Waals surface area contributed by atoms with E-state index in [-0.39, 0.29) is 17.9 Å². The molecule has 1 saturated heterocycles. The van der Waals surface area contributed by atoms with E-state index in [4.69, 9.17) is 5.73 Å². The Morgan fingerprint density at radius 1 is 1.64 bits per heavy atom. The molecule has 0 aromatic heterocycles. The summed E-state index contributed by atoms with van der Waals surface area (Å²) in [6.07, 6.45) is 1.93. The van der Waals surface area contributed by atoms with E-state index in [1.54, 1.807) is 11.8 Å². The van der Waals surface area contributed by atoms with Crippen molar-refractivity contribution in [1.82, 2.24) is 4.90 Å². The molecule has 1 rings (SSSR count). The van der Waals surface area contributed by atoms with Gasteiger partial charge in [-0.25, -0.2) is 9.98 Å². The van der Waals surface area contributed by atoms with Gasteiger partial charge in [-0.3, -0.25) is 4.79 Å². The van der Waals surface area contributed by atoms with Crippen molar-refractivity contribution in [3.8, 4) is 0 Å². The number of nitrogens with two attached hydrogens (primary N) is 1. The van der Waals surface area contributed by atoms with E-state index in [1.165, 1.54) is 0 Å². The molecule has 1 atom stereocenters. The highest BCUT2D eigenvalue weighted by Gasteiger charge is 2.20. The number of hydrogen-bond acceptors (Lipinski definition) is 2. The maximum absolute atomic E-state index is 11.1. The van der Waals surface area contributed by atoms with E-state index in [0.717, 1.165) is 19.4 Å². The average molecular weight is 196 g/mol. The summed E-state index contributed by atoms with van der Waals surface area (Å²) in [6, 6.07) is 0.0816. The van der Waals surface area contributed by atoms with Crippen molar-refractivity contribution in [2.75, 3.05) is 13.1 Å². The first-order valence-corrected chi connectivity index (χ1v) is 4.69. The van der Waals surface area contributed by atoms with Gasteiger partial charge in [0.25, 0.3) is 0 Å². The average Bonchev–Trinajstić information content (AvgIpc) is 2.18. The van der Waals surface area contributed by atoms with E-state index in [0.29, 0.717) is 6.54 Å². The van der Waals surface area contributed by atoms with E-state index >= 15 is 0 Å². The van der Waals surface area contributed by atoms with Gasteiger partial charge in [0.1, 0.15) is 0 Å². The molecule has 1 aliphatic rings. The summed E-state index contributed by atoms with van der Waals surface area (Å²) >= 11 is 0. The number of carbonyl (C=O) groups is 1. The fourth-order valence-corrected chi connectivity index (χ4v) is 1.57. The van der Waals surface area contributed by atoms with Crippen LogP contribution in [0.25, 0.3) is 0 Å². The monoisotopic (exact) mass is 196 g/mol. The molecule has 78 valence electrons. The van der Waals surface area contributed by atoms with Gasteiger partial charge in [-0.15, -0.1) is 0 Å². The number of nitrogens with zero attached hydrogens (tertiary/aromatic N) is 3. The van der Waals surface area contributed by atoms with Gasteiger partial charge < -0.3 is 10.6 Å². The summed E-state index contributed by atoms with van der Waals surface area (Å²) in [5, 5.41) is 0. The Kier molecular flexibility index (Phi) is 3.62. The summed E-state index contributed by atoms with van der Waals surface area (Å²) in [6.45, 7) is 6.33. The van der Waals surface area contributed by atoms with Gasteiger partial charge in [0, 0.05) is 20.0 Å². The molecular formula is C9H16N4O. The first kappa shape index (κ1) is 10.7. The largest absolute Gasteiger partial charge is 0.368 e. The number of likely N-dealkylation sites (tertiary alicyclic amines) is 1. The fourth-order valence-electron chi connectivity index (χ4n) is 1.57. The zero-order valence-electron chi connectivity index (χ0n) is 8.44. The molecule has 1 heterocycles. The molecule has 0 aromatic carbocycles. The number of guanidine groups is 1. The number of rotatable bonds is 1. The maximum atomic E-state index is 11.1. The topological polar surface area (TPSA) is 71.0 Å². The lowest BCUT2D eigenvalue weighted by molar-refractivity contribution is -0.129.